The zero-order valence-electron chi connectivity index (χ0n) is 32.1. The predicted octanol–water partition coefficient (Wildman–Crippen LogP) is 9.86. The van der Waals surface area contributed by atoms with Crippen LogP contribution in [0.4, 0.5) is 11.4 Å². The Balaban J connectivity index is 1.38. The van der Waals surface area contributed by atoms with Crippen molar-refractivity contribution in [3.63, 3.8) is 0 Å². The summed E-state index contributed by atoms with van der Waals surface area (Å²) in [5, 5.41) is 14.3. The Hall–Kier alpha value is -5.38. The summed E-state index contributed by atoms with van der Waals surface area (Å²) in [7, 11) is -4.14. The molecule has 282 valence electrons. The highest BCUT2D eigenvalue weighted by molar-refractivity contribution is 7.85. The number of pyridine rings is 1. The SMILES string of the molecule is CCCC[N+]1=C(/C=C/C(=C/C=C2/N(CCCS(=O)(=O)O)c3ccc4ccccc4c3C2(C)C)c2ccc(C(=O)O)cn2)C(C)(C)c2c1ccc1ccccc21. The molecule has 1 aromatic heterocycles. The molecule has 0 atom stereocenters. The first-order valence-corrected chi connectivity index (χ1v) is 20.6. The van der Waals surface area contributed by atoms with Gasteiger partial charge >= 0.3 is 5.97 Å². The third-order valence-corrected chi connectivity index (χ3v) is 12.0. The van der Waals surface area contributed by atoms with Crippen molar-refractivity contribution in [3.8, 4) is 0 Å². The Morgan fingerprint density at radius 1 is 0.855 bits per heavy atom. The van der Waals surface area contributed by atoms with Crippen molar-refractivity contribution in [1.82, 2.24) is 4.98 Å². The first-order chi connectivity index (χ1) is 26.2. The second kappa shape index (κ2) is 14.7. The molecule has 2 N–H and O–H groups in total. The van der Waals surface area contributed by atoms with Gasteiger partial charge in [0.15, 0.2) is 5.71 Å². The summed E-state index contributed by atoms with van der Waals surface area (Å²) in [6.07, 6.45) is 12.1. The van der Waals surface area contributed by atoms with E-state index in [1.54, 1.807) is 12.1 Å². The van der Waals surface area contributed by atoms with Crippen molar-refractivity contribution in [2.24, 2.45) is 0 Å². The second-order valence-electron chi connectivity index (χ2n) is 15.5. The Bertz CT molecular complexity index is 2560. The van der Waals surface area contributed by atoms with Gasteiger partial charge in [0.25, 0.3) is 10.1 Å². The fourth-order valence-electron chi connectivity index (χ4n) is 8.53. The maximum absolute atomic E-state index is 11.8. The number of aromatic carboxylic acids is 1. The van der Waals surface area contributed by atoms with Crippen LogP contribution in [0, 0.1) is 0 Å². The van der Waals surface area contributed by atoms with E-state index < -0.39 is 21.5 Å². The Morgan fingerprint density at radius 3 is 2.16 bits per heavy atom. The fourth-order valence-corrected chi connectivity index (χ4v) is 9.02. The molecule has 2 aliphatic rings. The van der Waals surface area contributed by atoms with Crippen molar-refractivity contribution in [3.05, 3.63) is 144 Å². The molecular formula is C46H48N3O5S+. The van der Waals surface area contributed by atoms with Gasteiger partial charge in [-0.2, -0.15) is 13.0 Å². The second-order valence-corrected chi connectivity index (χ2v) is 17.1. The molecule has 8 nitrogen and oxygen atoms in total. The molecule has 5 aromatic rings. The third kappa shape index (κ3) is 7.14. The lowest BCUT2D eigenvalue weighted by Gasteiger charge is -2.27. The number of nitrogens with zero attached hydrogens (tertiary/aromatic N) is 3. The normalized spacial score (nSPS) is 17.2. The number of fused-ring (bicyclic) bond motifs is 6. The molecule has 7 rings (SSSR count). The molecule has 0 saturated heterocycles. The van der Waals surface area contributed by atoms with Crippen molar-refractivity contribution in [1.29, 1.82) is 0 Å². The van der Waals surface area contributed by atoms with Gasteiger partial charge in [0, 0.05) is 59.2 Å². The van der Waals surface area contributed by atoms with Crippen LogP contribution in [-0.2, 0) is 20.9 Å². The van der Waals surface area contributed by atoms with E-state index in [9.17, 15) is 22.9 Å². The highest BCUT2D eigenvalue weighted by Gasteiger charge is 2.45. The van der Waals surface area contributed by atoms with Crippen LogP contribution >= 0.6 is 0 Å². The summed E-state index contributed by atoms with van der Waals surface area (Å²) in [5.41, 5.74) is 7.54. The molecule has 0 bridgehead atoms. The van der Waals surface area contributed by atoms with Crippen LogP contribution in [-0.4, -0.2) is 58.2 Å². The minimum atomic E-state index is -4.14. The summed E-state index contributed by atoms with van der Waals surface area (Å²) in [4.78, 5) is 18.6. The van der Waals surface area contributed by atoms with Gasteiger partial charge in [0.2, 0.25) is 5.69 Å². The average molecular weight is 755 g/mol. The highest BCUT2D eigenvalue weighted by Crippen LogP contribution is 2.51. The number of anilines is 1. The largest absolute Gasteiger partial charge is 0.478 e. The molecule has 0 saturated carbocycles. The number of carbonyl (C=O) groups is 1. The van der Waals surface area contributed by atoms with Crippen LogP contribution in [0.1, 0.15) is 81.1 Å². The molecule has 4 aromatic carbocycles. The van der Waals surface area contributed by atoms with Gasteiger partial charge in [-0.1, -0.05) is 87.9 Å². The molecular weight excluding hydrogens is 707 g/mol. The summed E-state index contributed by atoms with van der Waals surface area (Å²) in [5.74, 6) is -1.38. The maximum Gasteiger partial charge on any atom is 0.337 e. The van der Waals surface area contributed by atoms with Crippen molar-refractivity contribution < 1.29 is 27.4 Å². The van der Waals surface area contributed by atoms with E-state index in [1.807, 2.05) is 18.2 Å². The minimum absolute atomic E-state index is 0.106. The van der Waals surface area contributed by atoms with E-state index in [-0.39, 0.29) is 23.2 Å². The lowest BCUT2D eigenvalue weighted by molar-refractivity contribution is -0.438. The van der Waals surface area contributed by atoms with E-state index in [0.29, 0.717) is 12.2 Å². The number of allylic oxidation sites excluding steroid dienone is 6. The number of benzene rings is 4. The summed E-state index contributed by atoms with van der Waals surface area (Å²) in [6.45, 7) is 12.4. The quantitative estimate of drug-likeness (QED) is 0.0741. The van der Waals surface area contributed by atoms with Crippen molar-refractivity contribution >= 4 is 60.3 Å². The van der Waals surface area contributed by atoms with E-state index in [1.165, 1.54) is 33.9 Å². The zero-order valence-corrected chi connectivity index (χ0v) is 32.9. The summed E-state index contributed by atoms with van der Waals surface area (Å²) in [6, 6.07) is 28.8. The van der Waals surface area contributed by atoms with Gasteiger partial charge in [0.05, 0.1) is 22.4 Å². The molecule has 3 heterocycles. The number of unbranched alkanes of at least 4 members (excludes halogenated alkanes) is 1. The van der Waals surface area contributed by atoms with Crippen LogP contribution in [0.5, 0.6) is 0 Å². The van der Waals surface area contributed by atoms with Crippen LogP contribution in [0.25, 0.3) is 27.1 Å². The van der Waals surface area contributed by atoms with E-state index in [0.717, 1.165) is 52.7 Å². The number of rotatable bonds is 12. The number of carboxylic acid groups (broad SMARTS) is 1. The van der Waals surface area contributed by atoms with Crippen molar-refractivity contribution in [2.45, 2.75) is 64.7 Å². The van der Waals surface area contributed by atoms with E-state index in [4.69, 9.17) is 0 Å². The van der Waals surface area contributed by atoms with Gasteiger partial charge in [-0.3, -0.25) is 9.54 Å². The molecule has 0 unspecified atom stereocenters. The molecule has 0 spiro atoms. The Labute approximate surface area is 323 Å². The molecule has 0 amide bonds. The fraction of sp³-hybridized carbons (Fsp3) is 0.283. The van der Waals surface area contributed by atoms with E-state index in [2.05, 4.69) is 128 Å². The predicted molar refractivity (Wildman–Crippen MR) is 223 cm³/mol. The molecule has 55 heavy (non-hydrogen) atoms. The maximum atomic E-state index is 11.8. The number of hydrogen-bond acceptors (Lipinski definition) is 5. The highest BCUT2D eigenvalue weighted by atomic mass is 32.2. The first-order valence-electron chi connectivity index (χ1n) is 18.9. The lowest BCUT2D eigenvalue weighted by atomic mass is 9.79. The van der Waals surface area contributed by atoms with Gasteiger partial charge in [-0.15, -0.1) is 0 Å². The van der Waals surface area contributed by atoms with Crippen LogP contribution in [0.3, 0.4) is 0 Å². The third-order valence-electron chi connectivity index (χ3n) is 11.2. The standard InChI is InChI=1S/C46H47N3O5S/c1-6-7-27-48-38-23-18-31-13-8-10-15-35(31)42(38)45(2,3)40(48)25-20-33(37-22-17-34(30-47-37)44(50)51)21-26-41-46(4,5)43-36-16-11-9-14-32(36)19-24-39(43)49(41)28-12-29-55(52,53)54/h8-11,13-26,30H,6-7,12,27-29H2,1-5H3,(H-,50,51,52,53,54)/p+1. The number of aromatic nitrogens is 1. The van der Waals surface area contributed by atoms with E-state index >= 15 is 0 Å². The topological polar surface area (TPSA) is 111 Å². The van der Waals surface area contributed by atoms with Crippen molar-refractivity contribution in [2.75, 3.05) is 23.7 Å². The number of hydrogen-bond donors (Lipinski definition) is 2. The van der Waals surface area contributed by atoms with Crippen LogP contribution in [0.2, 0.25) is 0 Å². The molecule has 9 heteroatoms. The van der Waals surface area contributed by atoms with Crippen LogP contribution < -0.4 is 4.90 Å². The van der Waals surface area contributed by atoms with Gasteiger partial charge in [-0.05, 0) is 83.8 Å². The Morgan fingerprint density at radius 2 is 1.53 bits per heavy atom. The molecule has 0 aliphatic carbocycles. The van der Waals surface area contributed by atoms with Crippen LogP contribution in [0.15, 0.2) is 121 Å². The lowest BCUT2D eigenvalue weighted by Crippen LogP contribution is -2.28. The molecule has 2 aliphatic heterocycles. The average Bonchev–Trinajstić information content (AvgIpc) is 3.51. The van der Waals surface area contributed by atoms with Gasteiger partial charge < -0.3 is 10.0 Å². The minimum Gasteiger partial charge on any atom is -0.478 e. The summed E-state index contributed by atoms with van der Waals surface area (Å²) >= 11 is 0. The summed E-state index contributed by atoms with van der Waals surface area (Å²) < 4.78 is 35.6. The zero-order chi connectivity index (χ0) is 39.1. The number of carboxylic acids is 1. The first kappa shape index (κ1) is 37.9. The van der Waals surface area contributed by atoms with Gasteiger partial charge in [-0.25, -0.2) is 4.79 Å². The monoisotopic (exact) mass is 754 g/mol. The smallest absolute Gasteiger partial charge is 0.337 e. The molecule has 0 fully saturated rings. The Kier molecular flexibility index (Phi) is 10.1. The van der Waals surface area contributed by atoms with Gasteiger partial charge in [0.1, 0.15) is 6.54 Å². The molecule has 0 radical (unpaired) electrons.